The molecule has 0 spiro atoms. The van der Waals surface area contributed by atoms with Crippen LogP contribution >= 0.6 is 0 Å². The van der Waals surface area contributed by atoms with E-state index in [9.17, 15) is 19.5 Å². The lowest BCUT2D eigenvalue weighted by Crippen LogP contribution is -2.62. The second-order valence-electron chi connectivity index (χ2n) is 9.78. The average molecular weight is 486 g/mol. The minimum absolute atomic E-state index is 0.0213. The molecule has 1 aliphatic heterocycles. The van der Waals surface area contributed by atoms with Crippen molar-refractivity contribution in [3.8, 4) is 17.1 Å². The van der Waals surface area contributed by atoms with Gasteiger partial charge >= 0.3 is 17.6 Å². The van der Waals surface area contributed by atoms with Crippen LogP contribution in [0.4, 0.5) is 0 Å². The first kappa shape index (κ1) is 24.9. The Morgan fingerprint density at radius 3 is 2.63 bits per heavy atom. The van der Waals surface area contributed by atoms with Gasteiger partial charge in [0.1, 0.15) is 34.4 Å². The molecule has 9 nitrogen and oxygen atoms in total. The molecule has 2 aromatic rings. The maximum atomic E-state index is 13.0. The number of ether oxygens (including phenoxy) is 3. The van der Waals surface area contributed by atoms with Crippen molar-refractivity contribution in [2.45, 2.75) is 77.3 Å². The molecule has 0 bridgehead atoms. The summed E-state index contributed by atoms with van der Waals surface area (Å²) in [5.74, 6) is -1.34. The van der Waals surface area contributed by atoms with Crippen LogP contribution in [0.15, 0.2) is 39.8 Å². The number of carbonyl (C=O) groups is 2. The van der Waals surface area contributed by atoms with Gasteiger partial charge in [-0.05, 0) is 45.2 Å². The smallest absolute Gasteiger partial charge is 0.345 e. The van der Waals surface area contributed by atoms with Crippen molar-refractivity contribution in [3.05, 3.63) is 46.6 Å². The number of aliphatic hydroxyl groups excluding tert-OH is 1. The van der Waals surface area contributed by atoms with E-state index in [4.69, 9.17) is 18.6 Å². The third-order valence-electron chi connectivity index (χ3n) is 7.57. The van der Waals surface area contributed by atoms with E-state index in [0.717, 1.165) is 0 Å². The molecule has 1 unspecified atom stereocenters. The summed E-state index contributed by atoms with van der Waals surface area (Å²) in [5.41, 5.74) is -2.08. The second-order valence-corrected chi connectivity index (χ2v) is 9.78. The SMILES string of the molecule is CCC(C)(OC(C)=O)[C@@H]1C[C@H](OC(C)=O)[C@@]2(C)Oc3cc(-c4cccnc4)oc(=O)c3[C@H](O)[C@@H]2C1. The molecule has 6 atom stereocenters. The van der Waals surface area contributed by atoms with Crippen LogP contribution in [-0.4, -0.2) is 39.3 Å². The lowest BCUT2D eigenvalue weighted by atomic mass is 9.61. The monoisotopic (exact) mass is 485 g/mol. The van der Waals surface area contributed by atoms with Crippen molar-refractivity contribution in [2.75, 3.05) is 0 Å². The molecule has 35 heavy (non-hydrogen) atoms. The third kappa shape index (κ3) is 4.45. The molecule has 188 valence electrons. The Hall–Kier alpha value is -3.20. The number of carbonyl (C=O) groups excluding carboxylic acids is 2. The van der Waals surface area contributed by atoms with Gasteiger partial charge < -0.3 is 23.7 Å². The van der Waals surface area contributed by atoms with Crippen molar-refractivity contribution in [1.29, 1.82) is 0 Å². The molecule has 1 saturated carbocycles. The van der Waals surface area contributed by atoms with Crippen LogP contribution < -0.4 is 10.4 Å². The molecule has 0 aromatic carbocycles. The summed E-state index contributed by atoms with van der Waals surface area (Å²) in [6.07, 6.45) is 2.46. The molecule has 4 rings (SSSR count). The maximum Gasteiger partial charge on any atom is 0.345 e. The largest absolute Gasteiger partial charge is 0.482 e. The van der Waals surface area contributed by atoms with E-state index in [2.05, 4.69) is 4.98 Å². The van der Waals surface area contributed by atoms with Crippen LogP contribution in [0.5, 0.6) is 5.75 Å². The van der Waals surface area contributed by atoms with E-state index >= 15 is 0 Å². The molecule has 2 aromatic heterocycles. The Labute approximate surface area is 203 Å². The number of nitrogens with zero attached hydrogens (tertiary/aromatic N) is 1. The van der Waals surface area contributed by atoms with Crippen LogP contribution in [0.1, 0.15) is 65.5 Å². The van der Waals surface area contributed by atoms with Gasteiger partial charge in [-0.3, -0.25) is 14.6 Å². The molecule has 2 aliphatic rings. The Kier molecular flexibility index (Phi) is 6.48. The van der Waals surface area contributed by atoms with Crippen molar-refractivity contribution in [3.63, 3.8) is 0 Å². The van der Waals surface area contributed by atoms with Crippen LogP contribution in [0.2, 0.25) is 0 Å². The Bertz CT molecular complexity index is 1180. The molecule has 0 amide bonds. The number of pyridine rings is 1. The maximum absolute atomic E-state index is 13.0. The molecular weight excluding hydrogens is 454 g/mol. The second kappa shape index (κ2) is 9.11. The fraction of sp³-hybridized carbons (Fsp3) is 0.538. The Morgan fingerprint density at radius 2 is 2.03 bits per heavy atom. The van der Waals surface area contributed by atoms with Gasteiger partial charge in [-0.25, -0.2) is 4.79 Å². The summed E-state index contributed by atoms with van der Waals surface area (Å²) in [6.45, 7) is 8.20. The van der Waals surface area contributed by atoms with Crippen molar-refractivity contribution in [1.82, 2.24) is 4.98 Å². The van der Waals surface area contributed by atoms with Gasteiger partial charge in [-0.1, -0.05) is 6.92 Å². The topological polar surface area (TPSA) is 125 Å². The molecular formula is C26H31NO8. The average Bonchev–Trinajstić information content (AvgIpc) is 2.79. The highest BCUT2D eigenvalue weighted by Gasteiger charge is 2.60. The lowest BCUT2D eigenvalue weighted by molar-refractivity contribution is -0.209. The van der Waals surface area contributed by atoms with E-state index in [0.29, 0.717) is 24.8 Å². The molecule has 1 fully saturated rings. The van der Waals surface area contributed by atoms with Crippen LogP contribution in [0.3, 0.4) is 0 Å². The molecule has 0 radical (unpaired) electrons. The number of fused-ring (bicyclic) bond motifs is 2. The minimum Gasteiger partial charge on any atom is -0.482 e. The van der Waals surface area contributed by atoms with Gasteiger partial charge in [0.2, 0.25) is 0 Å². The summed E-state index contributed by atoms with van der Waals surface area (Å²) in [6, 6.07) is 5.02. The lowest BCUT2D eigenvalue weighted by Gasteiger charge is -2.54. The fourth-order valence-electron chi connectivity index (χ4n) is 5.51. The summed E-state index contributed by atoms with van der Waals surface area (Å²) in [7, 11) is 0. The number of hydrogen-bond donors (Lipinski definition) is 1. The normalized spacial score (nSPS) is 29.1. The van der Waals surface area contributed by atoms with E-state index in [1.54, 1.807) is 37.5 Å². The number of hydrogen-bond acceptors (Lipinski definition) is 9. The number of rotatable bonds is 5. The van der Waals surface area contributed by atoms with Crippen molar-refractivity contribution < 1.29 is 33.3 Å². The zero-order valence-corrected chi connectivity index (χ0v) is 20.6. The molecule has 3 heterocycles. The predicted octanol–water partition coefficient (Wildman–Crippen LogP) is 3.58. The van der Waals surface area contributed by atoms with Crippen molar-refractivity contribution >= 4 is 11.9 Å². The van der Waals surface area contributed by atoms with Crippen LogP contribution in [-0.2, 0) is 19.1 Å². The molecule has 1 aliphatic carbocycles. The zero-order valence-electron chi connectivity index (χ0n) is 20.6. The fourth-order valence-corrected chi connectivity index (χ4v) is 5.51. The van der Waals surface area contributed by atoms with Gasteiger partial charge in [-0.2, -0.15) is 0 Å². The molecule has 0 saturated heterocycles. The third-order valence-corrected chi connectivity index (χ3v) is 7.57. The number of aromatic nitrogens is 1. The highest BCUT2D eigenvalue weighted by atomic mass is 16.6. The van der Waals surface area contributed by atoms with Crippen LogP contribution in [0.25, 0.3) is 11.3 Å². The first-order valence-corrected chi connectivity index (χ1v) is 11.8. The highest BCUT2D eigenvalue weighted by molar-refractivity contribution is 5.67. The van der Waals surface area contributed by atoms with Gasteiger partial charge in [0.25, 0.3) is 0 Å². The quantitative estimate of drug-likeness (QED) is 0.633. The standard InChI is InChI=1S/C26H31NO8/c1-6-25(4,34-15(3)29)17-10-18-23(30)22-20(35-26(18,5)21(11-17)32-14(2)28)12-19(33-24(22)31)16-8-7-9-27-13-16/h7-9,12-13,17-18,21,23,30H,6,10-11H2,1-5H3/t17-,18-,21-,23+,25?,26-/m0/s1. The van der Waals surface area contributed by atoms with E-state index < -0.39 is 46.9 Å². The van der Waals surface area contributed by atoms with Gasteiger partial charge in [0, 0.05) is 49.7 Å². The molecule has 9 heteroatoms. The highest BCUT2D eigenvalue weighted by Crippen LogP contribution is 2.54. The van der Waals surface area contributed by atoms with Crippen LogP contribution in [0, 0.1) is 11.8 Å². The summed E-state index contributed by atoms with van der Waals surface area (Å²) in [4.78, 5) is 41.0. The first-order valence-electron chi connectivity index (χ1n) is 11.8. The summed E-state index contributed by atoms with van der Waals surface area (Å²) >= 11 is 0. The summed E-state index contributed by atoms with van der Waals surface area (Å²) < 4.78 is 23.3. The number of aliphatic hydroxyl groups is 1. The number of esters is 2. The first-order chi connectivity index (χ1) is 16.5. The predicted molar refractivity (Wildman–Crippen MR) is 124 cm³/mol. The minimum atomic E-state index is -1.23. The zero-order chi connectivity index (χ0) is 25.5. The summed E-state index contributed by atoms with van der Waals surface area (Å²) in [5, 5.41) is 11.5. The Morgan fingerprint density at radius 1 is 1.29 bits per heavy atom. The molecule has 1 N–H and O–H groups in total. The van der Waals surface area contributed by atoms with E-state index in [1.165, 1.54) is 13.8 Å². The van der Waals surface area contributed by atoms with Gasteiger partial charge in [0.05, 0.1) is 6.10 Å². The van der Waals surface area contributed by atoms with Crippen molar-refractivity contribution in [2.24, 2.45) is 11.8 Å². The van der Waals surface area contributed by atoms with E-state index in [1.807, 2.05) is 13.8 Å². The van der Waals surface area contributed by atoms with Gasteiger partial charge in [0.15, 0.2) is 0 Å². The Balaban J connectivity index is 1.79. The van der Waals surface area contributed by atoms with E-state index in [-0.39, 0.29) is 23.0 Å². The van der Waals surface area contributed by atoms with Gasteiger partial charge in [-0.15, -0.1) is 0 Å².